The molecular formula is C14H11F2NO4. The van der Waals surface area contributed by atoms with Crippen molar-refractivity contribution in [3.05, 3.63) is 53.9 Å². The summed E-state index contributed by atoms with van der Waals surface area (Å²) in [7, 11) is 0. The van der Waals surface area contributed by atoms with Gasteiger partial charge in [0.15, 0.2) is 0 Å². The van der Waals surface area contributed by atoms with Gasteiger partial charge in [0, 0.05) is 11.8 Å². The molecule has 0 saturated carbocycles. The molecule has 0 spiro atoms. The molecule has 7 heteroatoms. The summed E-state index contributed by atoms with van der Waals surface area (Å²) in [4.78, 5) is 14.5. The van der Waals surface area contributed by atoms with Gasteiger partial charge in [-0.25, -0.2) is 4.79 Å². The fraction of sp³-hybridized carbons (Fsp3) is 0.143. The first kappa shape index (κ1) is 14.7. The topological polar surface area (TPSA) is 68.7 Å². The minimum absolute atomic E-state index is 0.00912. The molecular weight excluding hydrogens is 284 g/mol. The monoisotopic (exact) mass is 295 g/mol. The molecule has 0 atom stereocenters. The Morgan fingerprint density at radius 1 is 1.29 bits per heavy atom. The second-order valence-electron chi connectivity index (χ2n) is 3.99. The average molecular weight is 295 g/mol. The maximum absolute atomic E-state index is 12.3. The van der Waals surface area contributed by atoms with Gasteiger partial charge in [-0.15, -0.1) is 0 Å². The van der Waals surface area contributed by atoms with E-state index in [-0.39, 0.29) is 23.7 Å². The molecule has 0 aliphatic heterocycles. The summed E-state index contributed by atoms with van der Waals surface area (Å²) in [5.74, 6) is -0.897. The molecule has 21 heavy (non-hydrogen) atoms. The highest BCUT2D eigenvalue weighted by molar-refractivity contribution is 5.87. The van der Waals surface area contributed by atoms with Crippen LogP contribution in [0.3, 0.4) is 0 Å². The highest BCUT2D eigenvalue weighted by atomic mass is 19.3. The van der Waals surface area contributed by atoms with Gasteiger partial charge < -0.3 is 14.6 Å². The first-order valence-corrected chi connectivity index (χ1v) is 5.90. The molecule has 1 N–H and O–H groups in total. The van der Waals surface area contributed by atoms with Crippen molar-refractivity contribution in [3.8, 4) is 11.5 Å². The van der Waals surface area contributed by atoms with E-state index in [0.29, 0.717) is 5.56 Å². The smallest absolute Gasteiger partial charge is 0.387 e. The van der Waals surface area contributed by atoms with Crippen molar-refractivity contribution >= 4 is 5.97 Å². The molecule has 0 radical (unpaired) electrons. The number of alkyl halides is 2. The van der Waals surface area contributed by atoms with Crippen LogP contribution in [0.15, 0.2) is 42.7 Å². The van der Waals surface area contributed by atoms with Crippen LogP contribution in [0.25, 0.3) is 0 Å². The molecule has 110 valence electrons. The summed E-state index contributed by atoms with van der Waals surface area (Å²) in [5.41, 5.74) is 0.392. The van der Waals surface area contributed by atoms with E-state index in [1.165, 1.54) is 24.5 Å². The van der Waals surface area contributed by atoms with E-state index in [2.05, 4.69) is 9.72 Å². The summed E-state index contributed by atoms with van der Waals surface area (Å²) in [5, 5.41) is 8.84. The van der Waals surface area contributed by atoms with Crippen LogP contribution >= 0.6 is 0 Å². The Bertz CT molecular complexity index is 634. The molecule has 0 unspecified atom stereocenters. The average Bonchev–Trinajstić information content (AvgIpc) is 2.46. The highest BCUT2D eigenvalue weighted by Crippen LogP contribution is 2.22. The van der Waals surface area contributed by atoms with Crippen molar-refractivity contribution in [2.75, 3.05) is 0 Å². The number of halogens is 2. The van der Waals surface area contributed by atoms with Gasteiger partial charge in [-0.05, 0) is 12.1 Å². The number of carboxylic acid groups (broad SMARTS) is 1. The number of hydrogen-bond acceptors (Lipinski definition) is 4. The van der Waals surface area contributed by atoms with E-state index in [1.54, 1.807) is 18.2 Å². The first-order valence-electron chi connectivity index (χ1n) is 5.90. The zero-order valence-corrected chi connectivity index (χ0v) is 10.7. The molecule has 5 nitrogen and oxygen atoms in total. The van der Waals surface area contributed by atoms with E-state index in [9.17, 15) is 13.6 Å². The van der Waals surface area contributed by atoms with Crippen molar-refractivity contribution in [1.82, 2.24) is 4.98 Å². The second-order valence-corrected chi connectivity index (χ2v) is 3.99. The van der Waals surface area contributed by atoms with Crippen molar-refractivity contribution in [1.29, 1.82) is 0 Å². The lowest BCUT2D eigenvalue weighted by molar-refractivity contribution is -0.0508. The number of benzene rings is 1. The van der Waals surface area contributed by atoms with Gasteiger partial charge >= 0.3 is 12.6 Å². The van der Waals surface area contributed by atoms with Crippen LogP contribution in [0.4, 0.5) is 8.78 Å². The number of ether oxygens (including phenoxy) is 2. The van der Waals surface area contributed by atoms with Gasteiger partial charge in [-0.1, -0.05) is 18.2 Å². The SMILES string of the molecule is O=C(O)c1cncc(OCc2ccccc2OC(F)F)c1. The first-order chi connectivity index (χ1) is 10.1. The molecule has 0 aliphatic carbocycles. The molecule has 0 saturated heterocycles. The maximum Gasteiger partial charge on any atom is 0.387 e. The summed E-state index contributed by atoms with van der Waals surface area (Å²) >= 11 is 0. The number of aromatic nitrogens is 1. The van der Waals surface area contributed by atoms with Gasteiger partial charge in [-0.2, -0.15) is 8.78 Å². The van der Waals surface area contributed by atoms with Gasteiger partial charge in [0.2, 0.25) is 0 Å². The van der Waals surface area contributed by atoms with Gasteiger partial charge in [-0.3, -0.25) is 4.98 Å². The molecule has 0 bridgehead atoms. The van der Waals surface area contributed by atoms with Crippen LogP contribution in [-0.4, -0.2) is 22.7 Å². The predicted octanol–water partition coefficient (Wildman–Crippen LogP) is 2.96. The summed E-state index contributed by atoms with van der Waals surface area (Å²) < 4.78 is 34.3. The lowest BCUT2D eigenvalue weighted by atomic mass is 10.2. The lowest BCUT2D eigenvalue weighted by Crippen LogP contribution is -2.06. The largest absolute Gasteiger partial charge is 0.487 e. The fourth-order valence-corrected chi connectivity index (χ4v) is 1.61. The Morgan fingerprint density at radius 2 is 2.05 bits per heavy atom. The van der Waals surface area contributed by atoms with Gasteiger partial charge in [0.05, 0.1) is 11.8 Å². The third-order valence-electron chi connectivity index (χ3n) is 2.54. The second kappa shape index (κ2) is 6.65. The number of rotatable bonds is 6. The van der Waals surface area contributed by atoms with Crippen molar-refractivity contribution in [2.45, 2.75) is 13.2 Å². The Kier molecular flexibility index (Phi) is 4.65. The normalized spacial score (nSPS) is 10.4. The number of carbonyl (C=O) groups is 1. The number of pyridine rings is 1. The standard InChI is InChI=1S/C14H11F2NO4/c15-14(16)21-12-4-2-1-3-9(12)8-20-11-5-10(13(18)19)6-17-7-11/h1-7,14H,8H2,(H,18,19). The minimum atomic E-state index is -2.93. The Labute approximate surface area is 118 Å². The Balaban J connectivity index is 2.09. The molecule has 0 amide bonds. The van der Waals surface area contributed by atoms with Crippen LogP contribution in [0.5, 0.6) is 11.5 Å². The number of hydrogen-bond donors (Lipinski definition) is 1. The highest BCUT2D eigenvalue weighted by Gasteiger charge is 2.10. The summed E-state index contributed by atoms with van der Waals surface area (Å²) in [6, 6.07) is 7.49. The van der Waals surface area contributed by atoms with Crippen LogP contribution in [0.2, 0.25) is 0 Å². The zero-order chi connectivity index (χ0) is 15.2. The Hall–Kier alpha value is -2.70. The van der Waals surface area contributed by atoms with Crippen LogP contribution in [0, 0.1) is 0 Å². The van der Waals surface area contributed by atoms with Gasteiger partial charge in [0.1, 0.15) is 18.1 Å². The van der Waals surface area contributed by atoms with Crippen LogP contribution in [0.1, 0.15) is 15.9 Å². The van der Waals surface area contributed by atoms with Crippen LogP contribution < -0.4 is 9.47 Å². The number of aromatic carboxylic acids is 1. The molecule has 1 aromatic heterocycles. The molecule has 1 aromatic carbocycles. The number of para-hydroxylation sites is 1. The molecule has 2 rings (SSSR count). The van der Waals surface area contributed by atoms with Crippen LogP contribution in [-0.2, 0) is 6.61 Å². The van der Waals surface area contributed by atoms with Crippen molar-refractivity contribution < 1.29 is 28.2 Å². The third-order valence-corrected chi connectivity index (χ3v) is 2.54. The summed E-state index contributed by atoms with van der Waals surface area (Å²) in [6.07, 6.45) is 2.52. The predicted molar refractivity (Wildman–Crippen MR) is 68.6 cm³/mol. The minimum Gasteiger partial charge on any atom is -0.487 e. The zero-order valence-electron chi connectivity index (χ0n) is 10.7. The Morgan fingerprint density at radius 3 is 2.76 bits per heavy atom. The molecule has 0 aliphatic rings. The summed E-state index contributed by atoms with van der Waals surface area (Å²) in [6.45, 7) is -2.98. The maximum atomic E-state index is 12.3. The quantitative estimate of drug-likeness (QED) is 0.887. The fourth-order valence-electron chi connectivity index (χ4n) is 1.61. The lowest BCUT2D eigenvalue weighted by Gasteiger charge is -2.11. The molecule has 2 aromatic rings. The van der Waals surface area contributed by atoms with E-state index in [1.807, 2.05) is 0 Å². The number of nitrogens with zero attached hydrogens (tertiary/aromatic N) is 1. The van der Waals surface area contributed by atoms with Gasteiger partial charge in [0.25, 0.3) is 0 Å². The van der Waals surface area contributed by atoms with E-state index >= 15 is 0 Å². The van der Waals surface area contributed by atoms with E-state index < -0.39 is 12.6 Å². The van der Waals surface area contributed by atoms with Crippen molar-refractivity contribution in [3.63, 3.8) is 0 Å². The van der Waals surface area contributed by atoms with E-state index in [0.717, 1.165) is 0 Å². The third kappa shape index (κ3) is 4.13. The number of carboxylic acids is 1. The van der Waals surface area contributed by atoms with Crippen molar-refractivity contribution in [2.24, 2.45) is 0 Å². The molecule has 1 heterocycles. The molecule has 0 fully saturated rings. The van der Waals surface area contributed by atoms with E-state index in [4.69, 9.17) is 9.84 Å².